The largest absolute Gasteiger partial charge is 0.478 e. The number of hydrogen-bond donors (Lipinski definition) is 1. The summed E-state index contributed by atoms with van der Waals surface area (Å²) in [5, 5.41) is 9.27. The fraction of sp³-hybridized carbons (Fsp3) is 0.769. The van der Waals surface area contributed by atoms with Crippen molar-refractivity contribution in [3.05, 3.63) is 23.8 Å². The van der Waals surface area contributed by atoms with Crippen LogP contribution in [-0.4, -0.2) is 16.9 Å². The van der Waals surface area contributed by atoms with Gasteiger partial charge in [-0.2, -0.15) is 0 Å². The maximum absolute atomic E-state index is 12.1. The molecule has 3 heteroatoms. The highest BCUT2D eigenvalue weighted by atomic mass is 16.4. The minimum Gasteiger partial charge on any atom is -0.478 e. The summed E-state index contributed by atoms with van der Waals surface area (Å²) in [6.45, 7) is 2.37. The van der Waals surface area contributed by atoms with Crippen molar-refractivity contribution in [3.63, 3.8) is 0 Å². The topological polar surface area (TPSA) is 54.4 Å². The monoisotopic (exact) mass is 394 g/mol. The maximum atomic E-state index is 12.1. The third-order valence-corrected chi connectivity index (χ3v) is 10.3. The van der Waals surface area contributed by atoms with Crippen LogP contribution in [0.25, 0.3) is 0 Å². The van der Waals surface area contributed by atoms with Crippen LogP contribution in [-0.2, 0) is 9.59 Å². The Morgan fingerprint density at radius 1 is 1.17 bits per heavy atom. The van der Waals surface area contributed by atoms with Crippen molar-refractivity contribution in [1.82, 2.24) is 0 Å². The van der Waals surface area contributed by atoms with E-state index in [9.17, 15) is 14.7 Å². The molecule has 6 aliphatic rings. The van der Waals surface area contributed by atoms with Crippen LogP contribution in [0.4, 0.5) is 0 Å². The summed E-state index contributed by atoms with van der Waals surface area (Å²) in [4.78, 5) is 23.4. The molecule has 0 aromatic heterocycles. The van der Waals surface area contributed by atoms with Crippen LogP contribution < -0.4 is 0 Å². The molecule has 0 aromatic carbocycles. The van der Waals surface area contributed by atoms with E-state index < -0.39 is 5.97 Å². The summed E-state index contributed by atoms with van der Waals surface area (Å²) in [7, 11) is 0. The molecule has 9 atom stereocenters. The third-order valence-electron chi connectivity index (χ3n) is 10.3. The van der Waals surface area contributed by atoms with E-state index in [1.165, 1.54) is 56.6 Å². The first-order chi connectivity index (χ1) is 14.0. The Morgan fingerprint density at radius 2 is 2.00 bits per heavy atom. The molecule has 0 aromatic rings. The van der Waals surface area contributed by atoms with Crippen molar-refractivity contribution >= 4 is 11.8 Å². The number of carbonyl (C=O) groups excluding carboxylic acids is 1. The van der Waals surface area contributed by atoms with Gasteiger partial charge in [-0.25, -0.2) is 4.79 Å². The van der Waals surface area contributed by atoms with E-state index in [2.05, 4.69) is 19.1 Å². The van der Waals surface area contributed by atoms with E-state index in [1.54, 1.807) is 0 Å². The van der Waals surface area contributed by atoms with Crippen LogP contribution in [0.1, 0.15) is 64.7 Å². The van der Waals surface area contributed by atoms with Crippen LogP contribution in [0, 0.1) is 58.7 Å². The molecule has 0 radical (unpaired) electrons. The van der Waals surface area contributed by atoms with Crippen molar-refractivity contribution in [2.24, 2.45) is 58.7 Å². The van der Waals surface area contributed by atoms with E-state index in [0.29, 0.717) is 23.0 Å². The van der Waals surface area contributed by atoms with Crippen LogP contribution in [0.5, 0.6) is 0 Å². The average Bonchev–Trinajstić information content (AvgIpc) is 3.62. The summed E-state index contributed by atoms with van der Waals surface area (Å²) in [5.41, 5.74) is 1.84. The first-order valence-electron chi connectivity index (χ1n) is 12.2. The highest BCUT2D eigenvalue weighted by molar-refractivity contribution is 5.91. The number of hydrogen-bond acceptors (Lipinski definition) is 2. The lowest BCUT2D eigenvalue weighted by Gasteiger charge is -2.59. The predicted molar refractivity (Wildman–Crippen MR) is 111 cm³/mol. The number of allylic oxidation sites excluding steroid dienone is 2. The molecule has 3 nitrogen and oxygen atoms in total. The minimum absolute atomic E-state index is 0.333. The zero-order valence-corrected chi connectivity index (χ0v) is 17.6. The molecule has 1 N–H and O–H groups in total. The van der Waals surface area contributed by atoms with E-state index in [0.717, 1.165) is 54.3 Å². The van der Waals surface area contributed by atoms with Gasteiger partial charge in [-0.05, 0) is 116 Å². The van der Waals surface area contributed by atoms with E-state index in [4.69, 9.17) is 0 Å². The molecule has 5 fully saturated rings. The second-order valence-electron chi connectivity index (χ2n) is 11.2. The molecule has 29 heavy (non-hydrogen) atoms. The summed E-state index contributed by atoms with van der Waals surface area (Å²) < 4.78 is 0. The first-order valence-corrected chi connectivity index (χ1v) is 12.2. The molecule has 0 aliphatic heterocycles. The number of carbonyl (C=O) groups is 2. The second-order valence-corrected chi connectivity index (χ2v) is 11.2. The van der Waals surface area contributed by atoms with E-state index in [-0.39, 0.29) is 0 Å². The Morgan fingerprint density at radius 3 is 2.72 bits per heavy atom. The Balaban J connectivity index is 1.40. The van der Waals surface area contributed by atoms with Gasteiger partial charge < -0.3 is 5.11 Å². The molecule has 0 heterocycles. The second kappa shape index (κ2) is 6.31. The average molecular weight is 395 g/mol. The number of carboxylic acid groups (broad SMARTS) is 1. The summed E-state index contributed by atoms with van der Waals surface area (Å²) in [6, 6.07) is 0. The smallest absolute Gasteiger partial charge is 0.327 e. The van der Waals surface area contributed by atoms with Gasteiger partial charge >= 0.3 is 5.97 Å². The van der Waals surface area contributed by atoms with Gasteiger partial charge in [-0.1, -0.05) is 18.6 Å². The Kier molecular flexibility index (Phi) is 4.00. The molecule has 0 amide bonds. The molecular weight excluding hydrogens is 360 g/mol. The number of carboxylic acids is 1. The van der Waals surface area contributed by atoms with Crippen molar-refractivity contribution in [2.75, 3.05) is 0 Å². The molecule has 0 saturated heterocycles. The molecule has 0 spiro atoms. The fourth-order valence-corrected chi connectivity index (χ4v) is 9.24. The third kappa shape index (κ3) is 2.61. The van der Waals surface area contributed by atoms with Gasteiger partial charge in [0.1, 0.15) is 0 Å². The number of rotatable bonds is 4. The summed E-state index contributed by atoms with van der Waals surface area (Å²) in [6.07, 6.45) is 16.5. The Hall–Kier alpha value is -1.38. The van der Waals surface area contributed by atoms with Crippen LogP contribution in [0.15, 0.2) is 23.8 Å². The van der Waals surface area contributed by atoms with Gasteiger partial charge in [0.15, 0.2) is 5.78 Å². The lowest BCUT2D eigenvalue weighted by molar-refractivity contribution is -0.131. The highest BCUT2D eigenvalue weighted by Crippen LogP contribution is 2.77. The maximum Gasteiger partial charge on any atom is 0.327 e. The van der Waals surface area contributed by atoms with Gasteiger partial charge in [0.2, 0.25) is 0 Å². The van der Waals surface area contributed by atoms with Crippen molar-refractivity contribution in [1.29, 1.82) is 0 Å². The molecular formula is C26H34O3. The van der Waals surface area contributed by atoms with Crippen LogP contribution in [0.3, 0.4) is 0 Å². The van der Waals surface area contributed by atoms with E-state index >= 15 is 0 Å². The Bertz CT molecular complexity index is 805. The molecule has 5 saturated carbocycles. The van der Waals surface area contributed by atoms with Crippen LogP contribution >= 0.6 is 0 Å². The highest BCUT2D eigenvalue weighted by Gasteiger charge is 2.71. The van der Waals surface area contributed by atoms with Gasteiger partial charge in [-0.15, -0.1) is 0 Å². The van der Waals surface area contributed by atoms with E-state index in [1.807, 2.05) is 0 Å². The van der Waals surface area contributed by atoms with Gasteiger partial charge in [0.05, 0.1) is 0 Å². The standard InChI is InChI=1S/C26H34O3/c1-2-26-10-9-18-17-6-5-16(27)11-15(17)12-19(14-3-4-14)24(18)25(26)21-13-20(21)22(26)7-8-23(28)29/h7-8,11,14,17-22,24-25H,2-6,9-10,12-13H2,1H3,(H,28,29)/b8-7-/t17-,18?,19?,20?,21?,22?,24?,25?,26?/m0/s1. The fourth-order valence-electron chi connectivity index (χ4n) is 9.24. The number of fused-ring (bicyclic) bond motifs is 7. The number of ketones is 1. The molecule has 156 valence electrons. The molecule has 0 bridgehead atoms. The first kappa shape index (κ1) is 18.4. The predicted octanol–water partition coefficient (Wildman–Crippen LogP) is 5.27. The van der Waals surface area contributed by atoms with Crippen molar-refractivity contribution in [2.45, 2.75) is 64.7 Å². The van der Waals surface area contributed by atoms with Crippen molar-refractivity contribution < 1.29 is 14.7 Å². The Labute approximate surface area is 174 Å². The lowest BCUT2D eigenvalue weighted by atomic mass is 9.46. The minimum atomic E-state index is -0.791. The lowest BCUT2D eigenvalue weighted by Crippen LogP contribution is -2.52. The van der Waals surface area contributed by atoms with Crippen LogP contribution in [0.2, 0.25) is 0 Å². The summed E-state index contributed by atoms with van der Waals surface area (Å²) in [5.74, 6) is 6.36. The quantitative estimate of drug-likeness (QED) is 0.661. The van der Waals surface area contributed by atoms with Gasteiger partial charge in [-0.3, -0.25) is 4.79 Å². The number of aliphatic carboxylic acids is 1. The molecule has 6 aliphatic carbocycles. The summed E-state index contributed by atoms with van der Waals surface area (Å²) >= 11 is 0. The zero-order valence-electron chi connectivity index (χ0n) is 17.6. The SMILES string of the molecule is CCC12CCC3C(C(C4CC4)CC4=CC(=O)CC[C@@H]43)C1C1CC1C2/C=C\C(=O)O. The molecule has 6 rings (SSSR count). The molecule has 8 unspecified atom stereocenters. The van der Waals surface area contributed by atoms with Gasteiger partial charge in [0.25, 0.3) is 0 Å². The normalized spacial score (nSPS) is 50.4. The van der Waals surface area contributed by atoms with Gasteiger partial charge in [0, 0.05) is 12.5 Å². The zero-order chi connectivity index (χ0) is 19.9. The van der Waals surface area contributed by atoms with Crippen molar-refractivity contribution in [3.8, 4) is 0 Å².